The van der Waals surface area contributed by atoms with Crippen LogP contribution in [0, 0.1) is 11.5 Å². The van der Waals surface area contributed by atoms with Gasteiger partial charge in [-0.1, -0.05) is 11.8 Å². The molecule has 1 saturated heterocycles. The maximum atomic E-state index is 12.2. The molecule has 1 amide bonds. The Bertz CT molecular complexity index is 707. The number of piperidine rings is 1. The molecular weight excluding hydrogens is 364 g/mol. The van der Waals surface area contributed by atoms with Crippen LogP contribution >= 0.6 is 11.8 Å². The number of benzene rings is 1. The van der Waals surface area contributed by atoms with E-state index in [4.69, 9.17) is 14.7 Å². The Hall–Kier alpha value is -2.40. The smallest absolute Gasteiger partial charge is 0.410 e. The van der Waals surface area contributed by atoms with Crippen molar-refractivity contribution in [2.75, 3.05) is 19.3 Å². The van der Waals surface area contributed by atoms with Crippen LogP contribution in [0.2, 0.25) is 0 Å². The predicted molar refractivity (Wildman–Crippen MR) is 107 cm³/mol. The second kappa shape index (κ2) is 9.51. The molecule has 0 spiro atoms. The van der Waals surface area contributed by atoms with Crippen LogP contribution in [0.1, 0.15) is 33.6 Å². The zero-order chi connectivity index (χ0) is 19.9. The molecule has 1 aromatic rings. The lowest BCUT2D eigenvalue weighted by Crippen LogP contribution is -2.46. The minimum absolute atomic E-state index is 0.0670. The fourth-order valence-electron chi connectivity index (χ4n) is 2.61. The van der Waals surface area contributed by atoms with Gasteiger partial charge in [0.25, 0.3) is 0 Å². The summed E-state index contributed by atoms with van der Waals surface area (Å²) in [7, 11) is 0. The average Bonchev–Trinajstić information content (AvgIpc) is 2.62. The fraction of sp³-hybridized carbons (Fsp3) is 0.526. The van der Waals surface area contributed by atoms with Gasteiger partial charge in [0.05, 0.1) is 12.2 Å². The van der Waals surface area contributed by atoms with Gasteiger partial charge in [-0.15, -0.1) is 0 Å². The average molecular weight is 391 g/mol. The van der Waals surface area contributed by atoms with Gasteiger partial charge in [-0.3, -0.25) is 5.32 Å². The first-order chi connectivity index (χ1) is 12.8. The molecular formula is C19H26N4O3S. The van der Waals surface area contributed by atoms with Crippen LogP contribution < -0.4 is 10.1 Å². The highest BCUT2D eigenvalue weighted by Crippen LogP contribution is 2.23. The molecule has 1 aromatic carbocycles. The largest absolute Gasteiger partial charge is 0.489 e. The number of nitrogens with zero attached hydrogens (tertiary/aromatic N) is 3. The highest BCUT2D eigenvalue weighted by Gasteiger charge is 2.28. The lowest BCUT2D eigenvalue weighted by Gasteiger charge is -2.34. The first-order valence-corrected chi connectivity index (χ1v) is 10.1. The SMILES string of the molecule is CSC(=Nc1ccc(OC2CCCN(C(=O)OC(C)(C)C)C2)cc1)NC#N. The van der Waals surface area contributed by atoms with Gasteiger partial charge in [0.1, 0.15) is 17.5 Å². The van der Waals surface area contributed by atoms with Crippen LogP contribution in [0.3, 0.4) is 0 Å². The Kier molecular flexibility index (Phi) is 7.36. The van der Waals surface area contributed by atoms with E-state index in [1.54, 1.807) is 4.90 Å². The molecule has 0 saturated carbocycles. The Morgan fingerprint density at radius 1 is 1.37 bits per heavy atom. The number of carbonyl (C=O) groups is 1. The Balaban J connectivity index is 1.95. The van der Waals surface area contributed by atoms with E-state index < -0.39 is 5.60 Å². The van der Waals surface area contributed by atoms with Crippen LogP contribution in [-0.2, 0) is 4.74 Å². The highest BCUT2D eigenvalue weighted by molar-refractivity contribution is 8.13. The first kappa shape index (κ1) is 20.9. The van der Waals surface area contributed by atoms with Crippen LogP contribution in [-0.4, -0.2) is 47.2 Å². The molecule has 27 heavy (non-hydrogen) atoms. The van der Waals surface area contributed by atoms with E-state index >= 15 is 0 Å². The van der Waals surface area contributed by atoms with Gasteiger partial charge in [-0.2, -0.15) is 5.26 Å². The van der Waals surface area contributed by atoms with Crippen molar-refractivity contribution in [1.82, 2.24) is 10.2 Å². The minimum Gasteiger partial charge on any atom is -0.489 e. The summed E-state index contributed by atoms with van der Waals surface area (Å²) < 4.78 is 11.5. The van der Waals surface area contributed by atoms with Gasteiger partial charge in [0, 0.05) is 6.54 Å². The number of nitrogens with one attached hydrogen (secondary N) is 1. The normalized spacial score (nSPS) is 17.8. The van der Waals surface area contributed by atoms with E-state index in [1.807, 2.05) is 57.5 Å². The topological polar surface area (TPSA) is 86.9 Å². The number of amides is 1. The third-order valence-corrected chi connectivity index (χ3v) is 4.34. The molecule has 7 nitrogen and oxygen atoms in total. The van der Waals surface area contributed by atoms with Crippen molar-refractivity contribution in [2.45, 2.75) is 45.3 Å². The number of ether oxygens (including phenoxy) is 2. The minimum atomic E-state index is -0.503. The monoisotopic (exact) mass is 390 g/mol. The number of likely N-dealkylation sites (tertiary alicyclic amines) is 1. The predicted octanol–water partition coefficient (Wildman–Crippen LogP) is 3.89. The molecule has 1 heterocycles. The van der Waals surface area contributed by atoms with Crippen LogP contribution in [0.5, 0.6) is 5.75 Å². The van der Waals surface area contributed by atoms with Crippen molar-refractivity contribution in [1.29, 1.82) is 5.26 Å². The molecule has 0 bridgehead atoms. The Labute approximate surface area is 164 Å². The number of carbonyl (C=O) groups excluding carboxylic acids is 1. The van der Waals surface area contributed by atoms with Crippen LogP contribution in [0.15, 0.2) is 29.3 Å². The maximum absolute atomic E-state index is 12.2. The van der Waals surface area contributed by atoms with E-state index in [2.05, 4.69) is 10.3 Å². The molecule has 1 aliphatic rings. The quantitative estimate of drug-likeness (QED) is 0.365. The van der Waals surface area contributed by atoms with Gasteiger partial charge in [-0.25, -0.2) is 9.79 Å². The standard InChI is InChI=1S/C19H26N4O3S/c1-19(2,3)26-18(24)23-11-5-6-16(12-23)25-15-9-7-14(8-10-15)22-17(27-4)21-13-20/h7-10,16H,5-6,11-12H2,1-4H3,(H,21,22). The molecule has 0 aliphatic carbocycles. The molecule has 8 heteroatoms. The second-order valence-corrected chi connectivity index (χ2v) is 7.96. The molecule has 1 aliphatic heterocycles. The molecule has 1 unspecified atom stereocenters. The molecule has 1 atom stereocenters. The molecule has 146 valence electrons. The van der Waals surface area contributed by atoms with E-state index in [9.17, 15) is 4.79 Å². The zero-order valence-corrected chi connectivity index (χ0v) is 17.0. The lowest BCUT2D eigenvalue weighted by molar-refractivity contribution is 0.00776. The van der Waals surface area contributed by atoms with E-state index in [-0.39, 0.29) is 12.2 Å². The molecule has 0 radical (unpaired) electrons. The van der Waals surface area contributed by atoms with Gasteiger partial charge in [0.2, 0.25) is 0 Å². The van der Waals surface area contributed by atoms with Crippen molar-refractivity contribution in [3.05, 3.63) is 24.3 Å². The number of thioether (sulfide) groups is 1. The maximum Gasteiger partial charge on any atom is 0.410 e. The summed E-state index contributed by atoms with van der Waals surface area (Å²) in [4.78, 5) is 18.3. The number of nitriles is 1. The van der Waals surface area contributed by atoms with Gasteiger partial charge in [-0.05, 0) is 64.1 Å². The number of aliphatic imine (C=N–C) groups is 1. The summed E-state index contributed by atoms with van der Waals surface area (Å²) >= 11 is 1.36. The summed E-state index contributed by atoms with van der Waals surface area (Å²) in [6.45, 7) is 6.79. The summed E-state index contributed by atoms with van der Waals surface area (Å²) in [6.07, 6.45) is 5.12. The van der Waals surface area contributed by atoms with E-state index in [0.29, 0.717) is 18.3 Å². The number of rotatable bonds is 3. The Morgan fingerprint density at radius 3 is 2.67 bits per heavy atom. The Morgan fingerprint density at radius 2 is 2.07 bits per heavy atom. The third kappa shape index (κ3) is 7.02. The van der Waals surface area contributed by atoms with Crippen LogP contribution in [0.4, 0.5) is 10.5 Å². The lowest BCUT2D eigenvalue weighted by atomic mass is 10.1. The van der Waals surface area contributed by atoms with E-state index in [0.717, 1.165) is 24.3 Å². The van der Waals surface area contributed by atoms with Crippen molar-refractivity contribution >= 4 is 28.7 Å². The summed E-state index contributed by atoms with van der Waals surface area (Å²) in [5.41, 5.74) is 0.227. The second-order valence-electron chi connectivity index (χ2n) is 7.16. The molecule has 0 aromatic heterocycles. The first-order valence-electron chi connectivity index (χ1n) is 8.83. The zero-order valence-electron chi connectivity index (χ0n) is 16.2. The van der Waals surface area contributed by atoms with Gasteiger partial charge < -0.3 is 14.4 Å². The van der Waals surface area contributed by atoms with Crippen molar-refractivity contribution in [2.24, 2.45) is 4.99 Å². The van der Waals surface area contributed by atoms with Crippen molar-refractivity contribution in [3.63, 3.8) is 0 Å². The molecule has 1 fully saturated rings. The highest BCUT2D eigenvalue weighted by atomic mass is 32.2. The van der Waals surface area contributed by atoms with Crippen molar-refractivity contribution in [3.8, 4) is 11.9 Å². The van der Waals surface area contributed by atoms with Gasteiger partial charge in [0.15, 0.2) is 11.4 Å². The summed E-state index contributed by atoms with van der Waals surface area (Å²) in [5, 5.41) is 11.7. The fourth-order valence-corrected chi connectivity index (χ4v) is 2.95. The van der Waals surface area contributed by atoms with Crippen molar-refractivity contribution < 1.29 is 14.3 Å². The summed E-state index contributed by atoms with van der Waals surface area (Å²) in [5.74, 6) is 0.726. The number of amidine groups is 1. The van der Waals surface area contributed by atoms with Crippen LogP contribution in [0.25, 0.3) is 0 Å². The summed E-state index contributed by atoms with van der Waals surface area (Å²) in [6, 6.07) is 7.35. The number of hydrogen-bond donors (Lipinski definition) is 1. The van der Waals surface area contributed by atoms with Gasteiger partial charge >= 0.3 is 6.09 Å². The van der Waals surface area contributed by atoms with E-state index in [1.165, 1.54) is 11.8 Å². The molecule has 2 rings (SSSR count). The molecule has 1 N–H and O–H groups in total. The third-order valence-electron chi connectivity index (χ3n) is 3.76. The number of hydrogen-bond acceptors (Lipinski definition) is 6.